The Hall–Kier alpha value is -4.14. The standard InChI is InChI=1S/C33H30N6S2/c1-20-9-11-24-28-26(7-5-13-34-28)40-32(24)30(20)38-17-15-36(22(38)3)19-37-16-18-39(23(37)4)31-21(2)10-12-25-29-27(41-33(25)31)8-6-14-35-29/h5-18,22-23H,19H2,1-4H3/t22-,23+. The molecule has 4 aromatic heterocycles. The van der Waals surface area contributed by atoms with Crippen molar-refractivity contribution >= 4 is 74.7 Å². The van der Waals surface area contributed by atoms with E-state index in [0.717, 1.165) is 17.7 Å². The van der Waals surface area contributed by atoms with Crippen molar-refractivity contribution in [1.82, 2.24) is 19.8 Å². The van der Waals surface area contributed by atoms with E-state index in [4.69, 9.17) is 0 Å². The van der Waals surface area contributed by atoms with Gasteiger partial charge in [0, 0.05) is 48.0 Å². The fraction of sp³-hybridized carbons (Fsp3) is 0.212. The predicted molar refractivity (Wildman–Crippen MR) is 174 cm³/mol. The zero-order chi connectivity index (χ0) is 27.8. The molecule has 204 valence electrons. The maximum absolute atomic E-state index is 4.69. The van der Waals surface area contributed by atoms with E-state index >= 15 is 0 Å². The first-order valence-corrected chi connectivity index (χ1v) is 15.6. The third kappa shape index (κ3) is 3.67. The smallest absolute Gasteiger partial charge is 0.104 e. The second-order valence-corrected chi connectivity index (χ2v) is 13.1. The van der Waals surface area contributed by atoms with Crippen molar-refractivity contribution in [1.29, 1.82) is 0 Å². The van der Waals surface area contributed by atoms with Crippen LogP contribution < -0.4 is 9.80 Å². The molecule has 2 atom stereocenters. The number of aryl methyl sites for hydroxylation is 2. The Balaban J connectivity index is 1.08. The highest BCUT2D eigenvalue weighted by Crippen LogP contribution is 2.44. The fourth-order valence-corrected chi connectivity index (χ4v) is 8.83. The predicted octanol–water partition coefficient (Wildman–Crippen LogP) is 8.37. The van der Waals surface area contributed by atoms with Crippen molar-refractivity contribution in [3.8, 4) is 0 Å². The minimum atomic E-state index is 0.186. The average molecular weight is 575 g/mol. The summed E-state index contributed by atoms with van der Waals surface area (Å²) >= 11 is 3.68. The number of thiophene rings is 2. The van der Waals surface area contributed by atoms with Gasteiger partial charge < -0.3 is 19.6 Å². The molecule has 2 aromatic carbocycles. The van der Waals surface area contributed by atoms with Crippen LogP contribution in [0.1, 0.15) is 25.0 Å². The number of fused-ring (bicyclic) bond motifs is 6. The van der Waals surface area contributed by atoms with Crippen LogP contribution in [0, 0.1) is 13.8 Å². The van der Waals surface area contributed by atoms with E-state index in [1.54, 1.807) is 0 Å². The highest BCUT2D eigenvalue weighted by Gasteiger charge is 2.32. The van der Waals surface area contributed by atoms with E-state index in [9.17, 15) is 0 Å². The van der Waals surface area contributed by atoms with E-state index in [0.29, 0.717) is 0 Å². The molecule has 0 unspecified atom stereocenters. The number of hydrogen-bond acceptors (Lipinski definition) is 8. The van der Waals surface area contributed by atoms with Crippen molar-refractivity contribution in [2.45, 2.75) is 40.0 Å². The molecule has 8 rings (SSSR count). The lowest BCUT2D eigenvalue weighted by Gasteiger charge is -2.37. The van der Waals surface area contributed by atoms with E-state index in [1.807, 2.05) is 47.2 Å². The first-order valence-electron chi connectivity index (χ1n) is 14.0. The van der Waals surface area contributed by atoms with Gasteiger partial charge in [0.2, 0.25) is 0 Å². The second kappa shape index (κ2) is 9.19. The molecule has 0 aliphatic carbocycles. The number of pyridine rings is 2. The summed E-state index contributed by atoms with van der Waals surface area (Å²) in [5, 5.41) is 2.47. The van der Waals surface area contributed by atoms with E-state index in [-0.39, 0.29) is 12.3 Å². The maximum Gasteiger partial charge on any atom is 0.104 e. The van der Waals surface area contributed by atoms with Gasteiger partial charge in [-0.3, -0.25) is 9.97 Å². The third-order valence-corrected chi connectivity index (χ3v) is 10.9. The molecule has 0 spiro atoms. The van der Waals surface area contributed by atoms with Crippen LogP contribution in [0.5, 0.6) is 0 Å². The second-order valence-electron chi connectivity index (χ2n) is 11.0. The van der Waals surface area contributed by atoms with Crippen LogP contribution in [-0.4, -0.2) is 38.8 Å². The quantitative estimate of drug-likeness (QED) is 0.211. The normalized spacial score (nSPS) is 18.9. The van der Waals surface area contributed by atoms with Crippen molar-refractivity contribution in [3.05, 3.63) is 96.9 Å². The van der Waals surface area contributed by atoms with Gasteiger partial charge in [0.1, 0.15) is 12.3 Å². The molecule has 2 aliphatic rings. The van der Waals surface area contributed by atoms with E-state index < -0.39 is 0 Å². The van der Waals surface area contributed by atoms with Crippen LogP contribution in [0.3, 0.4) is 0 Å². The van der Waals surface area contributed by atoms with Crippen molar-refractivity contribution in [3.63, 3.8) is 0 Å². The summed E-state index contributed by atoms with van der Waals surface area (Å²) in [6.07, 6.45) is 13.1. The summed E-state index contributed by atoms with van der Waals surface area (Å²) < 4.78 is 5.08. The monoisotopic (exact) mass is 574 g/mol. The Labute approximate surface area is 247 Å². The summed E-state index contributed by atoms with van der Waals surface area (Å²) in [5.41, 5.74) is 7.32. The van der Waals surface area contributed by atoms with Crippen LogP contribution in [0.15, 0.2) is 85.7 Å². The largest absolute Gasteiger partial charge is 0.338 e. The number of nitrogens with zero attached hydrogens (tertiary/aromatic N) is 6. The Bertz CT molecular complexity index is 1890. The van der Waals surface area contributed by atoms with Gasteiger partial charge in [-0.05, 0) is 63.1 Å². The molecule has 6 aromatic rings. The highest BCUT2D eigenvalue weighted by atomic mass is 32.1. The molecule has 0 radical (unpaired) electrons. The first-order chi connectivity index (χ1) is 20.0. The summed E-state index contributed by atoms with van der Waals surface area (Å²) in [4.78, 5) is 19.1. The van der Waals surface area contributed by atoms with Gasteiger partial charge in [-0.15, -0.1) is 22.7 Å². The lowest BCUT2D eigenvalue weighted by molar-refractivity contribution is 0.176. The van der Waals surface area contributed by atoms with E-state index in [1.165, 1.54) is 52.1 Å². The van der Waals surface area contributed by atoms with Crippen LogP contribution in [-0.2, 0) is 0 Å². The van der Waals surface area contributed by atoms with Gasteiger partial charge in [-0.2, -0.15) is 0 Å². The SMILES string of the molecule is Cc1ccc2c(sc3cccnc32)c1N1C=CN(CN2C=CN(c3c(C)ccc4c3sc3cccnc34)[C@H]2C)[C@H]1C. The molecule has 0 amide bonds. The van der Waals surface area contributed by atoms with Gasteiger partial charge >= 0.3 is 0 Å². The maximum atomic E-state index is 4.69. The molecule has 2 aliphatic heterocycles. The molecule has 0 N–H and O–H groups in total. The zero-order valence-electron chi connectivity index (χ0n) is 23.4. The topological polar surface area (TPSA) is 38.7 Å². The molecule has 0 bridgehead atoms. The molecular formula is C33H30N6S2. The number of hydrogen-bond donors (Lipinski definition) is 0. The van der Waals surface area contributed by atoms with Crippen LogP contribution >= 0.6 is 22.7 Å². The van der Waals surface area contributed by atoms with Gasteiger partial charge in [0.05, 0.1) is 47.9 Å². The summed E-state index contributed by atoms with van der Waals surface area (Å²) in [6, 6.07) is 17.3. The minimum Gasteiger partial charge on any atom is -0.338 e. The van der Waals surface area contributed by atoms with E-state index in [2.05, 4.69) is 118 Å². The molecule has 0 saturated carbocycles. The fourth-order valence-electron chi connectivity index (χ4n) is 6.31. The Morgan fingerprint density at radius 3 is 1.56 bits per heavy atom. The van der Waals surface area contributed by atoms with Crippen LogP contribution in [0.4, 0.5) is 11.4 Å². The van der Waals surface area contributed by atoms with Crippen LogP contribution in [0.2, 0.25) is 0 Å². The number of aromatic nitrogens is 2. The average Bonchev–Trinajstić information content (AvgIpc) is 3.73. The molecule has 0 fully saturated rings. The Morgan fingerprint density at radius 2 is 1.10 bits per heavy atom. The van der Waals surface area contributed by atoms with Crippen molar-refractivity contribution < 1.29 is 0 Å². The summed E-state index contributed by atoms with van der Waals surface area (Å²) in [7, 11) is 0. The first kappa shape index (κ1) is 24.6. The molecule has 6 nitrogen and oxygen atoms in total. The summed E-state index contributed by atoms with van der Waals surface area (Å²) in [5.74, 6) is 0. The van der Waals surface area contributed by atoms with Gasteiger partial charge in [0.25, 0.3) is 0 Å². The van der Waals surface area contributed by atoms with Crippen molar-refractivity contribution in [2.24, 2.45) is 0 Å². The molecule has 6 heterocycles. The van der Waals surface area contributed by atoms with Gasteiger partial charge in [0.15, 0.2) is 0 Å². The van der Waals surface area contributed by atoms with Crippen molar-refractivity contribution in [2.75, 3.05) is 16.5 Å². The van der Waals surface area contributed by atoms with Gasteiger partial charge in [-0.1, -0.05) is 24.3 Å². The molecule has 0 saturated heterocycles. The number of anilines is 2. The third-order valence-electron chi connectivity index (χ3n) is 8.59. The summed E-state index contributed by atoms with van der Waals surface area (Å²) in [6.45, 7) is 9.81. The molecule has 8 heteroatoms. The lowest BCUT2D eigenvalue weighted by atomic mass is 10.1. The Kier molecular flexibility index (Phi) is 5.52. The minimum absolute atomic E-state index is 0.186. The number of benzene rings is 2. The van der Waals surface area contributed by atoms with Gasteiger partial charge in [-0.25, -0.2) is 0 Å². The molecule has 41 heavy (non-hydrogen) atoms. The molecular weight excluding hydrogens is 545 g/mol. The lowest BCUT2D eigenvalue weighted by Crippen LogP contribution is -2.45. The number of rotatable bonds is 4. The Morgan fingerprint density at radius 1 is 0.634 bits per heavy atom. The highest BCUT2D eigenvalue weighted by molar-refractivity contribution is 7.26. The van der Waals surface area contributed by atoms with Crippen LogP contribution in [0.25, 0.3) is 40.6 Å². The zero-order valence-corrected chi connectivity index (χ0v) is 25.1.